The number of amides is 1. The quantitative estimate of drug-likeness (QED) is 0.861. The van der Waals surface area contributed by atoms with E-state index in [4.69, 9.17) is 10.5 Å². The molecule has 0 radical (unpaired) electrons. The Balaban J connectivity index is 2.36. The molecule has 116 valence electrons. The molecule has 0 bridgehead atoms. The molecule has 2 atom stereocenters. The summed E-state index contributed by atoms with van der Waals surface area (Å²) in [6.07, 6.45) is 0.290. The first-order chi connectivity index (χ1) is 10.6. The van der Waals surface area contributed by atoms with Crippen LogP contribution in [0, 0.1) is 0 Å². The molecule has 2 aromatic rings. The molecule has 2 rings (SSSR count). The molecular formula is C18H22N2O2. The first kappa shape index (κ1) is 16.0. The number of rotatable bonds is 6. The standard InChI is InChI=1S/C18H22N2O2/c1-13(19)12-17(21)20-18(14-8-4-3-5-9-14)15-10-6-7-11-16(15)22-2/h3-11,13,18H,12,19H2,1-2H3,(H,20,21). The van der Waals surface area contributed by atoms with Gasteiger partial charge in [0.05, 0.1) is 13.2 Å². The maximum atomic E-state index is 12.2. The summed E-state index contributed by atoms with van der Waals surface area (Å²) in [7, 11) is 1.63. The van der Waals surface area contributed by atoms with E-state index in [9.17, 15) is 4.79 Å². The molecule has 0 aromatic heterocycles. The number of carbonyl (C=O) groups is 1. The molecule has 0 fully saturated rings. The van der Waals surface area contributed by atoms with Crippen LogP contribution in [0.15, 0.2) is 54.6 Å². The summed E-state index contributed by atoms with van der Waals surface area (Å²) in [6.45, 7) is 1.82. The summed E-state index contributed by atoms with van der Waals surface area (Å²) in [4.78, 5) is 12.2. The van der Waals surface area contributed by atoms with Gasteiger partial charge in [-0.15, -0.1) is 0 Å². The van der Waals surface area contributed by atoms with Gasteiger partial charge in [-0.05, 0) is 18.6 Å². The summed E-state index contributed by atoms with van der Waals surface area (Å²) in [6, 6.07) is 17.1. The van der Waals surface area contributed by atoms with Crippen LogP contribution >= 0.6 is 0 Å². The minimum absolute atomic E-state index is 0.0743. The van der Waals surface area contributed by atoms with E-state index < -0.39 is 0 Å². The molecule has 0 aliphatic rings. The first-order valence-corrected chi connectivity index (χ1v) is 7.34. The SMILES string of the molecule is COc1ccccc1C(NC(=O)CC(C)N)c1ccccc1. The normalized spacial score (nSPS) is 13.2. The highest BCUT2D eigenvalue weighted by atomic mass is 16.5. The smallest absolute Gasteiger partial charge is 0.222 e. The van der Waals surface area contributed by atoms with Crippen molar-refractivity contribution in [3.63, 3.8) is 0 Å². The third-order valence-electron chi connectivity index (χ3n) is 3.40. The summed E-state index contributed by atoms with van der Waals surface area (Å²) >= 11 is 0. The van der Waals surface area contributed by atoms with Gasteiger partial charge >= 0.3 is 0 Å². The van der Waals surface area contributed by atoms with Gasteiger partial charge in [0.25, 0.3) is 0 Å². The number of methoxy groups -OCH3 is 1. The van der Waals surface area contributed by atoms with Crippen molar-refractivity contribution >= 4 is 5.91 Å². The molecule has 4 nitrogen and oxygen atoms in total. The highest BCUT2D eigenvalue weighted by molar-refractivity contribution is 5.77. The molecule has 0 aliphatic carbocycles. The lowest BCUT2D eigenvalue weighted by Crippen LogP contribution is -2.33. The Kier molecular flexibility index (Phi) is 5.55. The second-order valence-electron chi connectivity index (χ2n) is 5.33. The zero-order valence-corrected chi connectivity index (χ0v) is 13.0. The second kappa shape index (κ2) is 7.61. The lowest BCUT2D eigenvalue weighted by Gasteiger charge is -2.22. The fraction of sp³-hybridized carbons (Fsp3) is 0.278. The Morgan fingerprint density at radius 1 is 1.14 bits per heavy atom. The van der Waals surface area contributed by atoms with E-state index >= 15 is 0 Å². The Bertz CT molecular complexity index is 611. The number of ether oxygens (including phenoxy) is 1. The molecule has 0 heterocycles. The van der Waals surface area contributed by atoms with Gasteiger partial charge in [-0.3, -0.25) is 4.79 Å². The number of hydrogen-bond acceptors (Lipinski definition) is 3. The summed E-state index contributed by atoms with van der Waals surface area (Å²) < 4.78 is 5.43. The Morgan fingerprint density at radius 2 is 1.77 bits per heavy atom. The maximum absolute atomic E-state index is 12.2. The van der Waals surface area contributed by atoms with Gasteiger partial charge in [-0.2, -0.15) is 0 Å². The number of carbonyl (C=O) groups excluding carboxylic acids is 1. The van der Waals surface area contributed by atoms with E-state index in [2.05, 4.69) is 5.32 Å². The Morgan fingerprint density at radius 3 is 2.41 bits per heavy atom. The molecule has 22 heavy (non-hydrogen) atoms. The van der Waals surface area contributed by atoms with E-state index in [1.807, 2.05) is 61.5 Å². The van der Waals surface area contributed by atoms with Crippen molar-refractivity contribution in [2.45, 2.75) is 25.4 Å². The monoisotopic (exact) mass is 298 g/mol. The van der Waals surface area contributed by atoms with E-state index in [1.165, 1.54) is 0 Å². The van der Waals surface area contributed by atoms with Crippen LogP contribution in [-0.4, -0.2) is 19.1 Å². The zero-order valence-electron chi connectivity index (χ0n) is 13.0. The van der Waals surface area contributed by atoms with Crippen LogP contribution in [0.3, 0.4) is 0 Å². The van der Waals surface area contributed by atoms with Gasteiger partial charge < -0.3 is 15.8 Å². The molecule has 2 aromatic carbocycles. The molecule has 4 heteroatoms. The van der Waals surface area contributed by atoms with Crippen LogP contribution in [0.5, 0.6) is 5.75 Å². The molecule has 3 N–H and O–H groups in total. The predicted octanol–water partition coefficient (Wildman–Crippen LogP) is 2.64. The van der Waals surface area contributed by atoms with Gasteiger partial charge in [0, 0.05) is 18.0 Å². The average Bonchev–Trinajstić information content (AvgIpc) is 2.53. The molecule has 2 unspecified atom stereocenters. The van der Waals surface area contributed by atoms with Crippen LogP contribution in [0.2, 0.25) is 0 Å². The third kappa shape index (κ3) is 4.09. The minimum Gasteiger partial charge on any atom is -0.496 e. The maximum Gasteiger partial charge on any atom is 0.222 e. The van der Waals surface area contributed by atoms with Crippen molar-refractivity contribution in [2.75, 3.05) is 7.11 Å². The number of nitrogens with two attached hydrogens (primary N) is 1. The van der Waals surface area contributed by atoms with Crippen LogP contribution < -0.4 is 15.8 Å². The summed E-state index contributed by atoms with van der Waals surface area (Å²) in [5.41, 5.74) is 7.65. The first-order valence-electron chi connectivity index (χ1n) is 7.34. The number of hydrogen-bond donors (Lipinski definition) is 2. The lowest BCUT2D eigenvalue weighted by molar-refractivity contribution is -0.121. The fourth-order valence-electron chi connectivity index (χ4n) is 2.40. The summed E-state index contributed by atoms with van der Waals surface area (Å²) in [5, 5.41) is 3.06. The van der Waals surface area contributed by atoms with Crippen molar-refractivity contribution in [2.24, 2.45) is 5.73 Å². The predicted molar refractivity (Wildman–Crippen MR) is 87.7 cm³/mol. The number of nitrogens with one attached hydrogen (secondary N) is 1. The highest BCUT2D eigenvalue weighted by Gasteiger charge is 2.20. The number of para-hydroxylation sites is 1. The van der Waals surface area contributed by atoms with Crippen molar-refractivity contribution < 1.29 is 9.53 Å². The van der Waals surface area contributed by atoms with Crippen molar-refractivity contribution in [1.29, 1.82) is 0 Å². The van der Waals surface area contributed by atoms with Gasteiger partial charge in [0.1, 0.15) is 5.75 Å². The van der Waals surface area contributed by atoms with Gasteiger partial charge in [-0.25, -0.2) is 0 Å². The second-order valence-corrected chi connectivity index (χ2v) is 5.33. The number of benzene rings is 2. The molecule has 0 saturated heterocycles. The minimum atomic E-state index is -0.261. The zero-order chi connectivity index (χ0) is 15.9. The topological polar surface area (TPSA) is 64.3 Å². The van der Waals surface area contributed by atoms with Crippen molar-refractivity contribution in [3.05, 3.63) is 65.7 Å². The third-order valence-corrected chi connectivity index (χ3v) is 3.40. The van der Waals surface area contributed by atoms with E-state index in [1.54, 1.807) is 7.11 Å². The highest BCUT2D eigenvalue weighted by Crippen LogP contribution is 2.29. The molecule has 0 spiro atoms. The van der Waals surface area contributed by atoms with Crippen LogP contribution in [0.1, 0.15) is 30.5 Å². The Hall–Kier alpha value is -2.33. The van der Waals surface area contributed by atoms with Gasteiger partial charge in [0.2, 0.25) is 5.91 Å². The van der Waals surface area contributed by atoms with E-state index in [-0.39, 0.29) is 18.0 Å². The van der Waals surface area contributed by atoms with E-state index in [0.717, 1.165) is 16.9 Å². The lowest BCUT2D eigenvalue weighted by atomic mass is 9.97. The van der Waals surface area contributed by atoms with E-state index in [0.29, 0.717) is 6.42 Å². The average molecular weight is 298 g/mol. The summed E-state index contributed by atoms with van der Waals surface area (Å²) in [5.74, 6) is 0.673. The van der Waals surface area contributed by atoms with Crippen molar-refractivity contribution in [1.82, 2.24) is 5.32 Å². The van der Waals surface area contributed by atoms with Gasteiger partial charge in [0.15, 0.2) is 0 Å². The fourth-order valence-corrected chi connectivity index (χ4v) is 2.40. The van der Waals surface area contributed by atoms with Crippen LogP contribution in [0.25, 0.3) is 0 Å². The van der Waals surface area contributed by atoms with Crippen LogP contribution in [0.4, 0.5) is 0 Å². The van der Waals surface area contributed by atoms with Crippen LogP contribution in [-0.2, 0) is 4.79 Å². The Labute approximate surface area is 131 Å². The molecular weight excluding hydrogens is 276 g/mol. The molecule has 0 saturated carbocycles. The van der Waals surface area contributed by atoms with Crippen molar-refractivity contribution in [3.8, 4) is 5.75 Å². The molecule has 0 aliphatic heterocycles. The molecule has 1 amide bonds. The van der Waals surface area contributed by atoms with Gasteiger partial charge in [-0.1, -0.05) is 48.5 Å². The largest absolute Gasteiger partial charge is 0.496 e.